The minimum Gasteiger partial charge on any atom is -0.350 e. The van der Waals surface area contributed by atoms with Crippen molar-refractivity contribution in [3.05, 3.63) is 62.1 Å². The highest BCUT2D eigenvalue weighted by atomic mass is 79.9. The third-order valence-corrected chi connectivity index (χ3v) is 3.52. The lowest BCUT2D eigenvalue weighted by atomic mass is 10.1. The summed E-state index contributed by atoms with van der Waals surface area (Å²) in [6, 6.07) is 10.8. The van der Waals surface area contributed by atoms with Gasteiger partial charge in [-0.2, -0.15) is 0 Å². The lowest BCUT2D eigenvalue weighted by Crippen LogP contribution is -1.99. The Bertz CT molecular complexity index is 641. The summed E-state index contributed by atoms with van der Waals surface area (Å²) in [5, 5.41) is 14.2. The second-order valence-electron chi connectivity index (χ2n) is 4.29. The number of rotatable bonds is 3. The molecule has 0 aliphatic rings. The SMILES string of the molecule is Cc1cccc(Nc2ccc(Br)cc2[N+](=O)[O-])c1C. The average molecular weight is 321 g/mol. The molecule has 0 saturated carbocycles. The fourth-order valence-corrected chi connectivity index (χ4v) is 2.14. The van der Waals surface area contributed by atoms with Gasteiger partial charge in [0, 0.05) is 16.2 Å². The zero-order chi connectivity index (χ0) is 14.0. The zero-order valence-corrected chi connectivity index (χ0v) is 12.2. The Morgan fingerprint density at radius 2 is 1.89 bits per heavy atom. The number of nitrogens with one attached hydrogen (secondary N) is 1. The summed E-state index contributed by atoms with van der Waals surface area (Å²) in [6.45, 7) is 4.00. The predicted molar refractivity (Wildman–Crippen MR) is 80.0 cm³/mol. The minimum absolute atomic E-state index is 0.0512. The standard InChI is InChI=1S/C14H13BrN2O2/c1-9-4-3-5-12(10(9)2)16-13-7-6-11(15)8-14(13)17(18)19/h3-8,16H,1-2H3. The van der Waals surface area contributed by atoms with Crippen LogP contribution in [0.2, 0.25) is 0 Å². The van der Waals surface area contributed by atoms with E-state index in [4.69, 9.17) is 0 Å². The highest BCUT2D eigenvalue weighted by Gasteiger charge is 2.15. The van der Waals surface area contributed by atoms with Gasteiger partial charge in [-0.1, -0.05) is 28.1 Å². The number of nitro groups is 1. The highest BCUT2D eigenvalue weighted by molar-refractivity contribution is 9.10. The van der Waals surface area contributed by atoms with Crippen molar-refractivity contribution in [1.29, 1.82) is 0 Å². The van der Waals surface area contributed by atoms with Crippen molar-refractivity contribution >= 4 is 33.0 Å². The van der Waals surface area contributed by atoms with Gasteiger partial charge in [-0.3, -0.25) is 10.1 Å². The normalized spacial score (nSPS) is 10.3. The monoisotopic (exact) mass is 320 g/mol. The fourth-order valence-electron chi connectivity index (χ4n) is 1.79. The van der Waals surface area contributed by atoms with Gasteiger partial charge in [0.25, 0.3) is 5.69 Å². The van der Waals surface area contributed by atoms with E-state index in [0.29, 0.717) is 10.2 Å². The van der Waals surface area contributed by atoms with E-state index in [2.05, 4.69) is 21.2 Å². The number of hydrogen-bond donors (Lipinski definition) is 1. The molecule has 0 heterocycles. The summed E-state index contributed by atoms with van der Waals surface area (Å²) in [4.78, 5) is 10.7. The second kappa shape index (κ2) is 5.40. The molecule has 0 bridgehead atoms. The van der Waals surface area contributed by atoms with Crippen molar-refractivity contribution in [2.45, 2.75) is 13.8 Å². The molecule has 0 amide bonds. The largest absolute Gasteiger partial charge is 0.350 e. The Labute approximate surface area is 119 Å². The van der Waals surface area contributed by atoms with Gasteiger partial charge in [-0.15, -0.1) is 0 Å². The molecule has 0 spiro atoms. The van der Waals surface area contributed by atoms with Crippen LogP contribution in [-0.2, 0) is 0 Å². The Balaban J connectivity index is 2.44. The number of hydrogen-bond acceptors (Lipinski definition) is 3. The smallest absolute Gasteiger partial charge is 0.293 e. The minimum atomic E-state index is -0.391. The number of halogens is 1. The lowest BCUT2D eigenvalue weighted by Gasteiger charge is -2.11. The van der Waals surface area contributed by atoms with Gasteiger partial charge in [0.1, 0.15) is 5.69 Å². The summed E-state index contributed by atoms with van der Waals surface area (Å²) >= 11 is 3.24. The number of nitro benzene ring substituents is 1. The van der Waals surface area contributed by atoms with Crippen molar-refractivity contribution in [2.24, 2.45) is 0 Å². The number of nitrogens with zero attached hydrogens (tertiary/aromatic N) is 1. The Morgan fingerprint density at radius 1 is 1.16 bits per heavy atom. The van der Waals surface area contributed by atoms with Crippen LogP contribution in [-0.4, -0.2) is 4.92 Å². The topological polar surface area (TPSA) is 55.2 Å². The molecule has 0 unspecified atom stereocenters. The van der Waals surface area contributed by atoms with Crippen LogP contribution in [0.15, 0.2) is 40.9 Å². The summed E-state index contributed by atoms with van der Waals surface area (Å²) in [5.74, 6) is 0. The second-order valence-corrected chi connectivity index (χ2v) is 5.21. The Kier molecular flexibility index (Phi) is 3.85. The predicted octanol–water partition coefficient (Wildman–Crippen LogP) is 4.72. The average Bonchev–Trinajstić information content (AvgIpc) is 2.36. The molecule has 2 aromatic carbocycles. The van der Waals surface area contributed by atoms with Crippen LogP contribution in [0.1, 0.15) is 11.1 Å². The molecule has 0 atom stereocenters. The van der Waals surface area contributed by atoms with Crippen LogP contribution in [0, 0.1) is 24.0 Å². The third kappa shape index (κ3) is 2.93. The molecule has 2 aromatic rings. The van der Waals surface area contributed by atoms with E-state index in [1.807, 2.05) is 32.0 Å². The first-order valence-electron chi connectivity index (χ1n) is 5.76. The van der Waals surface area contributed by atoms with E-state index in [1.54, 1.807) is 12.1 Å². The zero-order valence-electron chi connectivity index (χ0n) is 10.6. The van der Waals surface area contributed by atoms with Gasteiger partial charge in [0.05, 0.1) is 4.92 Å². The van der Waals surface area contributed by atoms with E-state index in [1.165, 1.54) is 6.07 Å². The highest BCUT2D eigenvalue weighted by Crippen LogP contribution is 2.31. The molecule has 0 fully saturated rings. The fraction of sp³-hybridized carbons (Fsp3) is 0.143. The maximum atomic E-state index is 11.1. The molecular formula is C14H13BrN2O2. The van der Waals surface area contributed by atoms with E-state index in [-0.39, 0.29) is 5.69 Å². The summed E-state index contributed by atoms with van der Waals surface area (Å²) in [6.07, 6.45) is 0. The van der Waals surface area contributed by atoms with E-state index < -0.39 is 4.92 Å². The lowest BCUT2D eigenvalue weighted by molar-refractivity contribution is -0.384. The van der Waals surface area contributed by atoms with Crippen molar-refractivity contribution in [1.82, 2.24) is 0 Å². The summed E-state index contributed by atoms with van der Waals surface area (Å²) in [7, 11) is 0. The Hall–Kier alpha value is -1.88. The van der Waals surface area contributed by atoms with Crippen molar-refractivity contribution < 1.29 is 4.92 Å². The number of benzene rings is 2. The molecule has 5 heteroatoms. The molecule has 0 aliphatic carbocycles. The van der Waals surface area contributed by atoms with Crippen molar-refractivity contribution in [2.75, 3.05) is 5.32 Å². The van der Waals surface area contributed by atoms with Gasteiger partial charge >= 0.3 is 0 Å². The van der Waals surface area contributed by atoms with Crippen LogP contribution in [0.25, 0.3) is 0 Å². The van der Waals surface area contributed by atoms with Crippen LogP contribution in [0.5, 0.6) is 0 Å². The molecule has 98 valence electrons. The number of anilines is 2. The molecule has 0 radical (unpaired) electrons. The van der Waals surface area contributed by atoms with Crippen LogP contribution >= 0.6 is 15.9 Å². The molecular weight excluding hydrogens is 308 g/mol. The van der Waals surface area contributed by atoms with Crippen molar-refractivity contribution in [3.8, 4) is 0 Å². The third-order valence-electron chi connectivity index (χ3n) is 3.03. The van der Waals surface area contributed by atoms with E-state index in [9.17, 15) is 10.1 Å². The first-order valence-corrected chi connectivity index (χ1v) is 6.55. The summed E-state index contributed by atoms with van der Waals surface area (Å²) in [5.41, 5.74) is 3.65. The Morgan fingerprint density at radius 3 is 2.58 bits per heavy atom. The van der Waals surface area contributed by atoms with Gasteiger partial charge < -0.3 is 5.32 Å². The molecule has 2 rings (SSSR count). The van der Waals surface area contributed by atoms with Crippen LogP contribution in [0.3, 0.4) is 0 Å². The van der Waals surface area contributed by atoms with Gasteiger partial charge in [0.2, 0.25) is 0 Å². The first-order chi connectivity index (χ1) is 8.99. The van der Waals surface area contributed by atoms with Gasteiger partial charge in [-0.05, 0) is 43.2 Å². The maximum absolute atomic E-state index is 11.1. The van der Waals surface area contributed by atoms with E-state index in [0.717, 1.165) is 16.8 Å². The van der Waals surface area contributed by atoms with E-state index >= 15 is 0 Å². The summed E-state index contributed by atoms with van der Waals surface area (Å²) < 4.78 is 0.686. The quantitative estimate of drug-likeness (QED) is 0.657. The molecule has 0 aromatic heterocycles. The van der Waals surface area contributed by atoms with Crippen LogP contribution in [0.4, 0.5) is 17.1 Å². The molecule has 19 heavy (non-hydrogen) atoms. The molecule has 0 saturated heterocycles. The maximum Gasteiger partial charge on any atom is 0.293 e. The molecule has 4 nitrogen and oxygen atoms in total. The van der Waals surface area contributed by atoms with Crippen LogP contribution < -0.4 is 5.32 Å². The molecule has 0 aliphatic heterocycles. The van der Waals surface area contributed by atoms with Gasteiger partial charge in [-0.25, -0.2) is 0 Å². The van der Waals surface area contributed by atoms with Crippen molar-refractivity contribution in [3.63, 3.8) is 0 Å². The first kappa shape index (κ1) is 13.5. The number of aryl methyl sites for hydroxylation is 1. The van der Waals surface area contributed by atoms with Gasteiger partial charge in [0.15, 0.2) is 0 Å². The molecule has 1 N–H and O–H groups in total.